The molecule has 9 heteroatoms. The average molecular weight is 330 g/mol. The molecule has 0 fully saturated rings. The summed E-state index contributed by atoms with van der Waals surface area (Å²) in [5.41, 5.74) is 0.582. The van der Waals surface area contributed by atoms with Crippen LogP contribution in [-0.4, -0.2) is 46.9 Å². The molecule has 0 aliphatic heterocycles. The Labute approximate surface area is 128 Å². The lowest BCUT2D eigenvalue weighted by atomic mass is 10.2. The molecule has 114 valence electrons. The maximum atomic E-state index is 12.4. The van der Waals surface area contributed by atoms with Gasteiger partial charge in [-0.15, -0.1) is 10.2 Å². The van der Waals surface area contributed by atoms with Gasteiger partial charge in [0.1, 0.15) is 0 Å². The van der Waals surface area contributed by atoms with Crippen LogP contribution < -0.4 is 0 Å². The Hall–Kier alpha value is -1.51. The van der Waals surface area contributed by atoms with Crippen molar-refractivity contribution in [2.45, 2.75) is 18.6 Å². The van der Waals surface area contributed by atoms with E-state index in [1.165, 1.54) is 11.4 Å². The highest BCUT2D eigenvalue weighted by molar-refractivity contribution is 7.88. The Kier molecular flexibility index (Phi) is 4.92. The van der Waals surface area contributed by atoms with Crippen molar-refractivity contribution >= 4 is 21.6 Å². The molecule has 0 saturated carbocycles. The van der Waals surface area contributed by atoms with E-state index in [0.29, 0.717) is 16.4 Å². The molecule has 1 N–H and O–H groups in total. The predicted molar refractivity (Wildman–Crippen MR) is 79.3 cm³/mol. The van der Waals surface area contributed by atoms with Gasteiger partial charge in [0.05, 0.1) is 5.75 Å². The number of tetrazole rings is 1. The second-order valence-electron chi connectivity index (χ2n) is 4.80. The molecule has 21 heavy (non-hydrogen) atoms. The van der Waals surface area contributed by atoms with Gasteiger partial charge in [-0.2, -0.15) is 5.21 Å². The maximum Gasteiger partial charge on any atom is 0.218 e. The van der Waals surface area contributed by atoms with Gasteiger partial charge in [0, 0.05) is 24.5 Å². The normalized spacial score (nSPS) is 13.5. The Bertz CT molecular complexity index is 689. The highest BCUT2D eigenvalue weighted by atomic mass is 35.5. The Balaban J connectivity index is 2.07. The number of benzene rings is 1. The number of nitrogens with one attached hydrogen (secondary N) is 1. The van der Waals surface area contributed by atoms with E-state index in [1.54, 1.807) is 24.3 Å². The Morgan fingerprint density at radius 1 is 1.38 bits per heavy atom. The fourth-order valence-corrected chi connectivity index (χ4v) is 3.48. The van der Waals surface area contributed by atoms with Crippen LogP contribution in [0.1, 0.15) is 24.2 Å². The van der Waals surface area contributed by atoms with Crippen molar-refractivity contribution in [1.82, 2.24) is 24.9 Å². The van der Waals surface area contributed by atoms with Gasteiger partial charge in [0.15, 0.2) is 5.82 Å². The van der Waals surface area contributed by atoms with Crippen molar-refractivity contribution in [2.75, 3.05) is 13.6 Å². The number of aromatic amines is 1. The number of aromatic nitrogens is 4. The lowest BCUT2D eigenvalue weighted by molar-refractivity contribution is 0.439. The van der Waals surface area contributed by atoms with Crippen LogP contribution in [0.2, 0.25) is 5.02 Å². The summed E-state index contributed by atoms with van der Waals surface area (Å²) in [4.78, 5) is 0. The number of sulfonamides is 1. The third-order valence-corrected chi connectivity index (χ3v) is 5.25. The Morgan fingerprint density at radius 2 is 2.10 bits per heavy atom. The topological polar surface area (TPSA) is 91.8 Å². The minimum atomic E-state index is -3.46. The summed E-state index contributed by atoms with van der Waals surface area (Å²) in [7, 11) is -1.93. The van der Waals surface area contributed by atoms with Crippen LogP contribution >= 0.6 is 11.6 Å². The number of H-pyrrole nitrogens is 1. The SMILES string of the molecule is C[C@H](CN(C)S(=O)(=O)Cc1ccccc1Cl)c1nn[nH]n1. The second kappa shape index (κ2) is 6.50. The van der Waals surface area contributed by atoms with Crippen LogP contribution in [0.15, 0.2) is 24.3 Å². The molecule has 1 heterocycles. The highest BCUT2D eigenvalue weighted by Gasteiger charge is 2.23. The molecule has 1 atom stereocenters. The highest BCUT2D eigenvalue weighted by Crippen LogP contribution is 2.20. The number of halogens is 1. The van der Waals surface area contributed by atoms with E-state index in [-0.39, 0.29) is 18.2 Å². The first-order chi connectivity index (χ1) is 9.90. The average Bonchev–Trinajstić information content (AvgIpc) is 2.95. The zero-order valence-corrected chi connectivity index (χ0v) is 13.3. The molecule has 1 aromatic carbocycles. The first kappa shape index (κ1) is 15.9. The summed E-state index contributed by atoms with van der Waals surface area (Å²) in [6.45, 7) is 2.11. The maximum absolute atomic E-state index is 12.4. The van der Waals surface area contributed by atoms with Crippen molar-refractivity contribution in [3.05, 3.63) is 40.7 Å². The van der Waals surface area contributed by atoms with Gasteiger partial charge >= 0.3 is 0 Å². The third kappa shape index (κ3) is 3.99. The molecule has 2 aromatic rings. The summed E-state index contributed by atoms with van der Waals surface area (Å²) in [6.07, 6.45) is 0. The molecule has 0 radical (unpaired) electrons. The molecular weight excluding hydrogens is 314 g/mol. The van der Waals surface area contributed by atoms with E-state index in [0.717, 1.165) is 0 Å². The van der Waals surface area contributed by atoms with Gasteiger partial charge in [-0.05, 0) is 11.6 Å². The monoisotopic (exact) mass is 329 g/mol. The number of rotatable bonds is 6. The fraction of sp³-hybridized carbons (Fsp3) is 0.417. The third-order valence-electron chi connectivity index (χ3n) is 3.10. The van der Waals surface area contributed by atoms with Gasteiger partial charge in [-0.25, -0.2) is 12.7 Å². The van der Waals surface area contributed by atoms with Crippen molar-refractivity contribution in [3.63, 3.8) is 0 Å². The summed E-state index contributed by atoms with van der Waals surface area (Å²) < 4.78 is 26.0. The molecule has 0 aliphatic carbocycles. The zero-order chi connectivity index (χ0) is 15.5. The van der Waals surface area contributed by atoms with Crippen molar-refractivity contribution in [1.29, 1.82) is 0 Å². The smallest absolute Gasteiger partial charge is 0.212 e. The zero-order valence-electron chi connectivity index (χ0n) is 11.7. The lowest BCUT2D eigenvalue weighted by Crippen LogP contribution is -2.31. The predicted octanol–water partition coefficient (Wildman–Crippen LogP) is 1.42. The van der Waals surface area contributed by atoms with Crippen LogP contribution in [0.3, 0.4) is 0 Å². The minimum absolute atomic E-state index is 0.137. The molecule has 0 bridgehead atoms. The van der Waals surface area contributed by atoms with Crippen LogP contribution in [0.5, 0.6) is 0 Å². The van der Waals surface area contributed by atoms with Crippen molar-refractivity contribution in [3.8, 4) is 0 Å². The molecule has 0 unspecified atom stereocenters. The largest absolute Gasteiger partial charge is 0.218 e. The molecule has 7 nitrogen and oxygen atoms in total. The standard InChI is InChI=1S/C12H16ClN5O2S/c1-9(12-14-16-17-15-12)7-18(2)21(19,20)8-10-5-3-4-6-11(10)13/h3-6,9H,7-8H2,1-2H3,(H,14,15,16,17)/t9-/m1/s1. The van der Waals surface area contributed by atoms with E-state index in [1.807, 2.05) is 6.92 Å². The van der Waals surface area contributed by atoms with Gasteiger partial charge in [-0.3, -0.25) is 0 Å². The first-order valence-corrected chi connectivity index (χ1v) is 8.29. The quantitative estimate of drug-likeness (QED) is 0.865. The molecule has 1 aromatic heterocycles. The number of likely N-dealkylation sites (N-methyl/N-ethyl adjacent to an activating group) is 1. The minimum Gasteiger partial charge on any atom is -0.212 e. The number of nitrogens with zero attached hydrogens (tertiary/aromatic N) is 4. The van der Waals surface area contributed by atoms with E-state index in [2.05, 4.69) is 20.6 Å². The van der Waals surface area contributed by atoms with E-state index < -0.39 is 10.0 Å². The summed E-state index contributed by atoms with van der Waals surface area (Å²) in [5.74, 6) is 0.187. The fourth-order valence-electron chi connectivity index (χ4n) is 1.88. The molecular formula is C12H16ClN5O2S. The van der Waals surface area contributed by atoms with Crippen molar-refractivity contribution in [2.24, 2.45) is 0 Å². The van der Waals surface area contributed by atoms with Crippen molar-refractivity contribution < 1.29 is 8.42 Å². The van der Waals surface area contributed by atoms with E-state index in [9.17, 15) is 8.42 Å². The van der Waals surface area contributed by atoms with Gasteiger partial charge in [-0.1, -0.05) is 41.9 Å². The van der Waals surface area contributed by atoms with Crippen LogP contribution in [-0.2, 0) is 15.8 Å². The van der Waals surface area contributed by atoms with Gasteiger partial charge in [0.25, 0.3) is 0 Å². The second-order valence-corrected chi connectivity index (χ2v) is 7.28. The van der Waals surface area contributed by atoms with E-state index >= 15 is 0 Å². The molecule has 0 spiro atoms. The lowest BCUT2D eigenvalue weighted by Gasteiger charge is -2.20. The van der Waals surface area contributed by atoms with Crippen LogP contribution in [0.4, 0.5) is 0 Å². The number of hydrogen-bond donors (Lipinski definition) is 1. The molecule has 0 amide bonds. The summed E-state index contributed by atoms with van der Waals surface area (Å²) in [5, 5.41) is 14.0. The summed E-state index contributed by atoms with van der Waals surface area (Å²) in [6, 6.07) is 6.91. The summed E-state index contributed by atoms with van der Waals surface area (Å²) >= 11 is 6.01. The molecule has 0 saturated heterocycles. The van der Waals surface area contributed by atoms with Gasteiger partial charge < -0.3 is 0 Å². The molecule has 0 aliphatic rings. The first-order valence-electron chi connectivity index (χ1n) is 6.31. The molecule has 2 rings (SSSR count). The number of hydrogen-bond acceptors (Lipinski definition) is 5. The van der Waals surface area contributed by atoms with E-state index in [4.69, 9.17) is 11.6 Å². The van der Waals surface area contributed by atoms with Crippen LogP contribution in [0.25, 0.3) is 0 Å². The van der Waals surface area contributed by atoms with Crippen LogP contribution in [0, 0.1) is 0 Å². The Morgan fingerprint density at radius 3 is 2.71 bits per heavy atom. The van der Waals surface area contributed by atoms with Gasteiger partial charge in [0.2, 0.25) is 10.0 Å².